The largest absolute Gasteiger partial charge is 0.444 e. The quantitative estimate of drug-likeness (QED) is 0.589. The summed E-state index contributed by atoms with van der Waals surface area (Å²) in [4.78, 5) is 22.8. The van der Waals surface area contributed by atoms with Crippen LogP contribution in [0.1, 0.15) is 27.7 Å². The van der Waals surface area contributed by atoms with Crippen LogP contribution < -0.4 is 5.73 Å². The van der Waals surface area contributed by atoms with Crippen molar-refractivity contribution in [2.45, 2.75) is 39.3 Å². The van der Waals surface area contributed by atoms with Crippen LogP contribution in [0.5, 0.6) is 0 Å². The summed E-state index contributed by atoms with van der Waals surface area (Å²) in [6.45, 7) is 14.5. The number of hydrogen-bond donors (Lipinski definition) is 1. The van der Waals surface area contributed by atoms with Crippen LogP contribution in [0, 0.1) is 0 Å². The lowest BCUT2D eigenvalue weighted by molar-refractivity contribution is 0.0184. The van der Waals surface area contributed by atoms with Crippen molar-refractivity contribution in [3.63, 3.8) is 0 Å². The van der Waals surface area contributed by atoms with E-state index in [2.05, 4.69) is 16.8 Å². The van der Waals surface area contributed by atoms with Crippen molar-refractivity contribution >= 4 is 12.1 Å². The van der Waals surface area contributed by atoms with Crippen LogP contribution in [0.2, 0.25) is 0 Å². The van der Waals surface area contributed by atoms with Gasteiger partial charge < -0.3 is 25.0 Å². The molecule has 1 unspecified atom stereocenters. The molecule has 0 aliphatic carbocycles. The highest BCUT2D eigenvalue weighted by Crippen LogP contribution is 2.12. The number of carbonyl (C=O) groups excluding carboxylic acids is 1. The van der Waals surface area contributed by atoms with Gasteiger partial charge in [0.15, 0.2) is 5.96 Å². The van der Waals surface area contributed by atoms with E-state index in [1.54, 1.807) is 4.90 Å². The first-order chi connectivity index (χ1) is 11.8. The van der Waals surface area contributed by atoms with Gasteiger partial charge >= 0.3 is 6.09 Å². The van der Waals surface area contributed by atoms with Gasteiger partial charge in [0, 0.05) is 45.3 Å². The number of rotatable bonds is 3. The number of amides is 1. The number of guanidine groups is 1. The van der Waals surface area contributed by atoms with E-state index in [0.717, 1.165) is 26.3 Å². The van der Waals surface area contributed by atoms with E-state index < -0.39 is 5.60 Å². The molecule has 2 aliphatic heterocycles. The molecule has 1 amide bonds. The van der Waals surface area contributed by atoms with Gasteiger partial charge in [-0.2, -0.15) is 0 Å². The molecule has 2 saturated heterocycles. The average molecular weight is 355 g/mol. The van der Waals surface area contributed by atoms with E-state index in [4.69, 9.17) is 15.2 Å². The standard InChI is InChI=1S/C17H33N5O3/c1-14(20-9-11-24-12-10-20)13-19-15(18)21-5-7-22(8-6-21)16(23)25-17(2,3)4/h14H,5-13H2,1-4H3,(H2,18,19). The van der Waals surface area contributed by atoms with E-state index in [0.29, 0.717) is 44.7 Å². The number of aliphatic imine (C=N–C) groups is 1. The van der Waals surface area contributed by atoms with Crippen molar-refractivity contribution in [2.75, 3.05) is 59.0 Å². The van der Waals surface area contributed by atoms with Gasteiger partial charge in [0.05, 0.1) is 19.8 Å². The van der Waals surface area contributed by atoms with Crippen LogP contribution in [-0.4, -0.2) is 97.4 Å². The molecule has 2 fully saturated rings. The van der Waals surface area contributed by atoms with E-state index in [1.807, 2.05) is 25.7 Å². The van der Waals surface area contributed by atoms with Gasteiger partial charge in [0.2, 0.25) is 0 Å². The van der Waals surface area contributed by atoms with Crippen LogP contribution >= 0.6 is 0 Å². The van der Waals surface area contributed by atoms with E-state index in [1.165, 1.54) is 0 Å². The van der Waals surface area contributed by atoms with Crippen molar-refractivity contribution in [1.82, 2.24) is 14.7 Å². The third-order valence-corrected chi connectivity index (χ3v) is 4.44. The first kappa shape index (κ1) is 19.8. The van der Waals surface area contributed by atoms with Crippen molar-refractivity contribution in [3.8, 4) is 0 Å². The highest BCUT2D eigenvalue weighted by molar-refractivity contribution is 5.78. The minimum absolute atomic E-state index is 0.261. The molecule has 2 N–H and O–H groups in total. The lowest BCUT2D eigenvalue weighted by atomic mass is 10.2. The predicted octanol–water partition coefficient (Wildman–Crippen LogP) is 0.575. The van der Waals surface area contributed by atoms with Crippen LogP contribution in [-0.2, 0) is 9.47 Å². The molecule has 2 rings (SSSR count). The second-order valence-electron chi connectivity index (χ2n) is 7.65. The van der Waals surface area contributed by atoms with E-state index in [-0.39, 0.29) is 6.09 Å². The van der Waals surface area contributed by atoms with Crippen LogP contribution in [0.15, 0.2) is 4.99 Å². The summed E-state index contributed by atoms with van der Waals surface area (Å²) in [7, 11) is 0. The maximum absolute atomic E-state index is 12.1. The third-order valence-electron chi connectivity index (χ3n) is 4.44. The topological polar surface area (TPSA) is 83.6 Å². The zero-order chi connectivity index (χ0) is 18.4. The molecule has 2 aliphatic rings. The van der Waals surface area contributed by atoms with Crippen molar-refractivity contribution in [3.05, 3.63) is 0 Å². The van der Waals surface area contributed by atoms with E-state index in [9.17, 15) is 4.79 Å². The van der Waals surface area contributed by atoms with Gasteiger partial charge in [0.1, 0.15) is 5.60 Å². The molecule has 8 nitrogen and oxygen atoms in total. The number of piperazine rings is 1. The summed E-state index contributed by atoms with van der Waals surface area (Å²) in [5.74, 6) is 0.559. The molecule has 0 aromatic heterocycles. The molecule has 0 aromatic rings. The minimum Gasteiger partial charge on any atom is -0.444 e. The maximum Gasteiger partial charge on any atom is 0.410 e. The van der Waals surface area contributed by atoms with Crippen LogP contribution in [0.3, 0.4) is 0 Å². The first-order valence-electron chi connectivity index (χ1n) is 9.11. The van der Waals surface area contributed by atoms with Gasteiger partial charge in [-0.15, -0.1) is 0 Å². The molecule has 1 atom stereocenters. The smallest absolute Gasteiger partial charge is 0.410 e. The molecule has 8 heteroatoms. The van der Waals surface area contributed by atoms with Crippen LogP contribution in [0.4, 0.5) is 4.79 Å². The number of morpholine rings is 1. The second kappa shape index (κ2) is 8.71. The number of hydrogen-bond acceptors (Lipinski definition) is 5. The zero-order valence-electron chi connectivity index (χ0n) is 16.0. The Balaban J connectivity index is 1.76. The Morgan fingerprint density at radius 3 is 2.24 bits per heavy atom. The van der Waals surface area contributed by atoms with Crippen molar-refractivity contribution < 1.29 is 14.3 Å². The lowest BCUT2D eigenvalue weighted by Gasteiger charge is -2.36. The molecule has 0 bridgehead atoms. The summed E-state index contributed by atoms with van der Waals surface area (Å²) in [6, 6.07) is 0.352. The van der Waals surface area contributed by atoms with Gasteiger partial charge in [-0.25, -0.2) is 4.79 Å². The van der Waals surface area contributed by atoms with Gasteiger partial charge in [-0.3, -0.25) is 9.89 Å². The van der Waals surface area contributed by atoms with E-state index >= 15 is 0 Å². The Bertz CT molecular complexity index is 463. The molecule has 0 saturated carbocycles. The summed E-state index contributed by atoms with van der Waals surface area (Å²) in [6.07, 6.45) is -0.261. The van der Waals surface area contributed by atoms with Crippen LogP contribution in [0.25, 0.3) is 0 Å². The summed E-state index contributed by atoms with van der Waals surface area (Å²) in [5.41, 5.74) is 5.68. The lowest BCUT2D eigenvalue weighted by Crippen LogP contribution is -2.53. The maximum atomic E-state index is 12.1. The van der Waals surface area contributed by atoms with Gasteiger partial charge in [-0.1, -0.05) is 0 Å². The van der Waals surface area contributed by atoms with Crippen molar-refractivity contribution in [1.29, 1.82) is 0 Å². The molecule has 2 heterocycles. The number of nitrogens with two attached hydrogens (primary N) is 1. The summed E-state index contributed by atoms with van der Waals surface area (Å²) >= 11 is 0. The Labute approximate surface area is 150 Å². The Morgan fingerprint density at radius 2 is 1.68 bits per heavy atom. The minimum atomic E-state index is -0.468. The molecule has 0 aromatic carbocycles. The molecule has 0 radical (unpaired) electrons. The zero-order valence-corrected chi connectivity index (χ0v) is 16.0. The molecular formula is C17H33N5O3. The summed E-state index contributed by atoms with van der Waals surface area (Å²) in [5, 5.41) is 0. The molecule has 0 spiro atoms. The average Bonchev–Trinajstić information content (AvgIpc) is 2.58. The Morgan fingerprint density at radius 1 is 1.12 bits per heavy atom. The molecule has 25 heavy (non-hydrogen) atoms. The number of ether oxygens (including phenoxy) is 2. The fourth-order valence-electron chi connectivity index (χ4n) is 2.90. The normalized spacial score (nSPS) is 22.0. The number of nitrogens with zero attached hydrogens (tertiary/aromatic N) is 4. The highest BCUT2D eigenvalue weighted by Gasteiger charge is 2.26. The molecular weight excluding hydrogens is 322 g/mol. The monoisotopic (exact) mass is 355 g/mol. The molecule has 144 valence electrons. The highest BCUT2D eigenvalue weighted by atomic mass is 16.6. The SMILES string of the molecule is CC(CN=C(N)N1CCN(C(=O)OC(C)(C)C)CC1)N1CCOCC1. The fourth-order valence-corrected chi connectivity index (χ4v) is 2.90. The number of carbonyl (C=O) groups is 1. The predicted molar refractivity (Wildman–Crippen MR) is 97.7 cm³/mol. The van der Waals surface area contributed by atoms with Gasteiger partial charge in [-0.05, 0) is 27.7 Å². The Hall–Kier alpha value is -1.54. The summed E-state index contributed by atoms with van der Waals surface area (Å²) < 4.78 is 10.8. The van der Waals surface area contributed by atoms with Gasteiger partial charge in [0.25, 0.3) is 0 Å². The fraction of sp³-hybridized carbons (Fsp3) is 0.882. The third kappa shape index (κ3) is 6.36. The Kier molecular flexibility index (Phi) is 6.89. The first-order valence-corrected chi connectivity index (χ1v) is 9.11. The van der Waals surface area contributed by atoms with Crippen molar-refractivity contribution in [2.24, 2.45) is 10.7 Å². The second-order valence-corrected chi connectivity index (χ2v) is 7.65.